The van der Waals surface area contributed by atoms with Gasteiger partial charge in [-0.15, -0.1) is 0 Å². The molecule has 1 heterocycles. The van der Waals surface area contributed by atoms with Crippen molar-refractivity contribution in [2.45, 2.75) is 38.9 Å². The van der Waals surface area contributed by atoms with Crippen molar-refractivity contribution in [2.24, 2.45) is 5.92 Å². The van der Waals surface area contributed by atoms with Crippen molar-refractivity contribution in [3.05, 3.63) is 71.3 Å². The number of nitrogens with zero attached hydrogens (tertiary/aromatic N) is 2. The normalized spacial score (nSPS) is 15.4. The highest BCUT2D eigenvalue weighted by Crippen LogP contribution is 2.30. The molecule has 1 aliphatic rings. The van der Waals surface area contributed by atoms with E-state index in [0.717, 1.165) is 12.1 Å². The number of benzene rings is 2. The Labute approximate surface area is 203 Å². The summed E-state index contributed by atoms with van der Waals surface area (Å²) in [5.41, 5.74) is -0.163. The quantitative estimate of drug-likeness (QED) is 0.633. The molecule has 2 aromatic carbocycles. The first kappa shape index (κ1) is 26.2. The second-order valence-corrected chi connectivity index (χ2v) is 8.53. The molecular formula is C26H30F3N3O3. The summed E-state index contributed by atoms with van der Waals surface area (Å²) in [6, 6.07) is 12.1. The molecule has 0 aliphatic carbocycles. The lowest BCUT2D eigenvalue weighted by Gasteiger charge is -2.37. The van der Waals surface area contributed by atoms with Gasteiger partial charge in [-0.25, -0.2) is 0 Å². The van der Waals surface area contributed by atoms with E-state index in [-0.39, 0.29) is 29.2 Å². The van der Waals surface area contributed by atoms with Gasteiger partial charge in [-0.2, -0.15) is 13.2 Å². The molecule has 6 nitrogen and oxygen atoms in total. The van der Waals surface area contributed by atoms with Gasteiger partial charge in [-0.3, -0.25) is 14.4 Å². The van der Waals surface area contributed by atoms with Crippen LogP contribution >= 0.6 is 0 Å². The second kappa shape index (κ2) is 11.4. The van der Waals surface area contributed by atoms with Crippen molar-refractivity contribution >= 4 is 17.7 Å². The molecular weight excluding hydrogens is 459 g/mol. The van der Waals surface area contributed by atoms with Crippen LogP contribution in [0.1, 0.15) is 53.0 Å². The maximum Gasteiger partial charge on any atom is 0.416 e. The van der Waals surface area contributed by atoms with E-state index >= 15 is 0 Å². The number of likely N-dealkylation sites (tertiary alicyclic amines) is 1. The lowest BCUT2D eigenvalue weighted by atomic mass is 9.87. The summed E-state index contributed by atoms with van der Waals surface area (Å²) in [7, 11) is 0. The maximum absolute atomic E-state index is 13.3. The number of alkyl halides is 3. The van der Waals surface area contributed by atoms with Gasteiger partial charge in [0.05, 0.1) is 5.56 Å². The Balaban J connectivity index is 1.70. The van der Waals surface area contributed by atoms with E-state index in [2.05, 4.69) is 5.32 Å². The molecule has 188 valence electrons. The third kappa shape index (κ3) is 6.41. The SMILES string of the molecule is CCN(CC)C(=O)C(NC(=O)c1ccccc1)C1CCN(C(=O)c2ccc(C(F)(F)F)cc2)CC1. The molecule has 0 bridgehead atoms. The number of hydrogen-bond donors (Lipinski definition) is 1. The molecule has 9 heteroatoms. The molecule has 0 saturated carbocycles. The van der Waals surface area contributed by atoms with Crippen molar-refractivity contribution in [2.75, 3.05) is 26.2 Å². The van der Waals surface area contributed by atoms with Crippen molar-refractivity contribution < 1.29 is 27.6 Å². The van der Waals surface area contributed by atoms with Crippen LogP contribution in [0.4, 0.5) is 13.2 Å². The van der Waals surface area contributed by atoms with E-state index in [4.69, 9.17) is 0 Å². The summed E-state index contributed by atoms with van der Waals surface area (Å²) < 4.78 is 38.4. The van der Waals surface area contributed by atoms with E-state index in [1.807, 2.05) is 13.8 Å². The van der Waals surface area contributed by atoms with Gasteiger partial charge in [0.1, 0.15) is 6.04 Å². The van der Waals surface area contributed by atoms with Crippen LogP contribution in [0.25, 0.3) is 0 Å². The first-order valence-electron chi connectivity index (χ1n) is 11.8. The van der Waals surface area contributed by atoms with E-state index in [0.29, 0.717) is 44.6 Å². The van der Waals surface area contributed by atoms with Gasteiger partial charge >= 0.3 is 6.18 Å². The smallest absolute Gasteiger partial charge is 0.341 e. The monoisotopic (exact) mass is 489 g/mol. The van der Waals surface area contributed by atoms with Gasteiger partial charge in [0, 0.05) is 37.3 Å². The van der Waals surface area contributed by atoms with Crippen LogP contribution in [0.5, 0.6) is 0 Å². The number of amides is 3. The molecule has 0 spiro atoms. The Bertz CT molecular complexity index is 1010. The van der Waals surface area contributed by atoms with E-state index in [9.17, 15) is 27.6 Å². The van der Waals surface area contributed by atoms with Crippen molar-refractivity contribution in [1.29, 1.82) is 0 Å². The molecule has 0 aromatic heterocycles. The number of carbonyl (C=O) groups excluding carboxylic acids is 3. The lowest BCUT2D eigenvalue weighted by molar-refractivity contribution is -0.137. The van der Waals surface area contributed by atoms with E-state index in [1.54, 1.807) is 40.1 Å². The Hall–Kier alpha value is -3.36. The van der Waals surface area contributed by atoms with Crippen molar-refractivity contribution in [3.63, 3.8) is 0 Å². The summed E-state index contributed by atoms with van der Waals surface area (Å²) in [5.74, 6) is -1.02. The van der Waals surface area contributed by atoms with Crippen LogP contribution < -0.4 is 5.32 Å². The number of piperidine rings is 1. The molecule has 1 saturated heterocycles. The predicted octanol–water partition coefficient (Wildman–Crippen LogP) is 4.22. The number of nitrogens with one attached hydrogen (secondary N) is 1. The van der Waals surface area contributed by atoms with Gasteiger partial charge in [0.2, 0.25) is 5.91 Å². The van der Waals surface area contributed by atoms with Crippen molar-refractivity contribution in [3.8, 4) is 0 Å². The lowest BCUT2D eigenvalue weighted by Crippen LogP contribution is -2.54. The molecule has 1 fully saturated rings. The van der Waals surface area contributed by atoms with Crippen LogP contribution in [0.3, 0.4) is 0 Å². The number of halogens is 3. The summed E-state index contributed by atoms with van der Waals surface area (Å²) in [6.07, 6.45) is -3.49. The molecule has 35 heavy (non-hydrogen) atoms. The fourth-order valence-electron chi connectivity index (χ4n) is 4.35. The zero-order chi connectivity index (χ0) is 25.6. The van der Waals surface area contributed by atoms with E-state index < -0.39 is 17.8 Å². The number of carbonyl (C=O) groups is 3. The third-order valence-electron chi connectivity index (χ3n) is 6.42. The summed E-state index contributed by atoms with van der Waals surface area (Å²) >= 11 is 0. The molecule has 1 unspecified atom stereocenters. The molecule has 3 rings (SSSR count). The minimum absolute atomic E-state index is 0.160. The van der Waals surface area contributed by atoms with Crippen molar-refractivity contribution in [1.82, 2.24) is 15.1 Å². The number of hydrogen-bond acceptors (Lipinski definition) is 3. The predicted molar refractivity (Wildman–Crippen MR) is 126 cm³/mol. The second-order valence-electron chi connectivity index (χ2n) is 8.53. The van der Waals surface area contributed by atoms with Gasteiger partial charge in [-0.05, 0) is 69.0 Å². The van der Waals surface area contributed by atoms with Crippen LogP contribution in [0, 0.1) is 5.92 Å². The van der Waals surface area contributed by atoms with Crippen LogP contribution in [0.15, 0.2) is 54.6 Å². The topological polar surface area (TPSA) is 69.7 Å². The van der Waals surface area contributed by atoms with Gasteiger partial charge in [0.25, 0.3) is 11.8 Å². The Morgan fingerprint density at radius 1 is 0.943 bits per heavy atom. The standard InChI is InChI=1S/C26H30F3N3O3/c1-3-31(4-2)25(35)22(30-23(33)19-8-6-5-7-9-19)18-14-16-32(17-15-18)24(34)20-10-12-21(13-11-20)26(27,28)29/h5-13,18,22H,3-4,14-17H2,1-2H3,(H,30,33). The number of likely N-dealkylation sites (N-methyl/N-ethyl adjacent to an activating group) is 1. The third-order valence-corrected chi connectivity index (χ3v) is 6.42. The fourth-order valence-corrected chi connectivity index (χ4v) is 4.35. The molecule has 3 amide bonds. The Morgan fingerprint density at radius 3 is 2.03 bits per heavy atom. The largest absolute Gasteiger partial charge is 0.416 e. The zero-order valence-corrected chi connectivity index (χ0v) is 19.8. The highest BCUT2D eigenvalue weighted by Gasteiger charge is 2.36. The first-order valence-corrected chi connectivity index (χ1v) is 11.8. The Morgan fingerprint density at radius 2 is 1.51 bits per heavy atom. The average molecular weight is 490 g/mol. The molecule has 1 atom stereocenters. The minimum atomic E-state index is -4.46. The van der Waals surface area contributed by atoms with Gasteiger partial charge in [-0.1, -0.05) is 18.2 Å². The van der Waals surface area contributed by atoms with Crippen LogP contribution in [-0.4, -0.2) is 59.7 Å². The average Bonchev–Trinajstić information content (AvgIpc) is 2.87. The van der Waals surface area contributed by atoms with E-state index in [1.165, 1.54) is 12.1 Å². The number of rotatable bonds is 7. The van der Waals surface area contributed by atoms with Crippen LogP contribution in [0.2, 0.25) is 0 Å². The fraction of sp³-hybridized carbons (Fsp3) is 0.423. The summed E-state index contributed by atoms with van der Waals surface area (Å²) in [4.78, 5) is 42.2. The van der Waals surface area contributed by atoms with Gasteiger partial charge in [0.15, 0.2) is 0 Å². The molecule has 1 aliphatic heterocycles. The zero-order valence-electron chi connectivity index (χ0n) is 19.8. The van der Waals surface area contributed by atoms with Gasteiger partial charge < -0.3 is 15.1 Å². The highest BCUT2D eigenvalue weighted by atomic mass is 19.4. The molecule has 0 radical (unpaired) electrons. The summed E-state index contributed by atoms with van der Waals surface area (Å²) in [6.45, 7) is 5.46. The minimum Gasteiger partial charge on any atom is -0.341 e. The first-order chi connectivity index (χ1) is 16.7. The Kier molecular flexibility index (Phi) is 8.53. The highest BCUT2D eigenvalue weighted by molar-refractivity contribution is 5.97. The van der Waals surface area contributed by atoms with Crippen LogP contribution in [-0.2, 0) is 11.0 Å². The summed E-state index contributed by atoms with van der Waals surface area (Å²) in [5, 5.41) is 2.91. The molecule has 2 aromatic rings. The maximum atomic E-state index is 13.3. The molecule has 1 N–H and O–H groups in total.